The zero-order chi connectivity index (χ0) is 13.5. The van der Waals surface area contributed by atoms with Crippen molar-refractivity contribution < 1.29 is 4.74 Å². The molecule has 0 atom stereocenters. The van der Waals surface area contributed by atoms with E-state index >= 15 is 0 Å². The van der Waals surface area contributed by atoms with Crippen LogP contribution < -0.4 is 10.5 Å². The van der Waals surface area contributed by atoms with E-state index in [2.05, 4.69) is 17.9 Å². The number of nitrogens with two attached hydrogens (primary N) is 1. The Morgan fingerprint density at radius 3 is 2.95 bits per heavy atom. The van der Waals surface area contributed by atoms with Crippen LogP contribution in [0.4, 0.5) is 0 Å². The molecule has 0 spiro atoms. The third kappa shape index (κ3) is 3.86. The molecule has 19 heavy (non-hydrogen) atoms. The summed E-state index contributed by atoms with van der Waals surface area (Å²) in [5.74, 6) is 6.50. The van der Waals surface area contributed by atoms with Crippen LogP contribution in [0.1, 0.15) is 15.3 Å². The van der Waals surface area contributed by atoms with Crippen molar-refractivity contribution in [3.8, 4) is 23.7 Å². The summed E-state index contributed by atoms with van der Waals surface area (Å²) in [6.45, 7) is 0.842. The summed E-state index contributed by atoms with van der Waals surface area (Å²) in [7, 11) is 0. The van der Waals surface area contributed by atoms with Gasteiger partial charge in [-0.15, -0.1) is 11.3 Å². The van der Waals surface area contributed by atoms with Gasteiger partial charge in [0.1, 0.15) is 12.4 Å². The minimum Gasteiger partial charge on any atom is -0.488 e. The Labute approximate surface area is 116 Å². The number of nitrogens with zero attached hydrogens (tertiary/aromatic N) is 1. The van der Waals surface area contributed by atoms with Crippen molar-refractivity contribution in [3.63, 3.8) is 0 Å². The van der Waals surface area contributed by atoms with E-state index in [1.54, 1.807) is 29.5 Å². The van der Waals surface area contributed by atoms with Crippen LogP contribution in [0.3, 0.4) is 0 Å². The molecule has 0 saturated carbocycles. The van der Waals surface area contributed by atoms with Crippen molar-refractivity contribution in [1.82, 2.24) is 0 Å². The van der Waals surface area contributed by atoms with Gasteiger partial charge in [-0.25, -0.2) is 0 Å². The summed E-state index contributed by atoms with van der Waals surface area (Å²) >= 11 is 1.58. The highest BCUT2D eigenvalue weighted by Crippen LogP contribution is 2.19. The second kappa shape index (κ2) is 6.61. The second-order valence-corrected chi connectivity index (χ2v) is 4.87. The first kappa shape index (κ1) is 13.2. The fraction of sp³-hybridized carbons (Fsp3) is 0.133. The molecular weight excluding hydrogens is 256 g/mol. The van der Waals surface area contributed by atoms with Crippen LogP contribution in [0.25, 0.3) is 0 Å². The molecule has 0 aliphatic carbocycles. The fourth-order valence-electron chi connectivity index (χ4n) is 1.47. The van der Waals surface area contributed by atoms with Gasteiger partial charge < -0.3 is 10.5 Å². The Morgan fingerprint density at radius 1 is 1.26 bits per heavy atom. The minimum atomic E-state index is 0.366. The van der Waals surface area contributed by atoms with Gasteiger partial charge in [-0.3, -0.25) is 0 Å². The van der Waals surface area contributed by atoms with E-state index < -0.39 is 0 Å². The predicted octanol–water partition coefficient (Wildman–Crippen LogP) is 2.51. The largest absolute Gasteiger partial charge is 0.488 e. The Balaban J connectivity index is 1.98. The molecule has 0 aliphatic heterocycles. The first-order valence-corrected chi connectivity index (χ1v) is 6.54. The van der Waals surface area contributed by atoms with Crippen molar-refractivity contribution in [1.29, 1.82) is 5.26 Å². The van der Waals surface area contributed by atoms with Gasteiger partial charge >= 0.3 is 0 Å². The van der Waals surface area contributed by atoms with Gasteiger partial charge in [-0.2, -0.15) is 5.26 Å². The zero-order valence-corrected chi connectivity index (χ0v) is 11.0. The van der Waals surface area contributed by atoms with Crippen molar-refractivity contribution >= 4 is 11.3 Å². The molecule has 1 aromatic carbocycles. The van der Waals surface area contributed by atoms with Crippen LogP contribution >= 0.6 is 11.3 Å². The Hall–Kier alpha value is -2.27. The lowest BCUT2D eigenvalue weighted by molar-refractivity contribution is 0.310. The first-order valence-electron chi connectivity index (χ1n) is 5.72. The quantitative estimate of drug-likeness (QED) is 0.870. The molecule has 0 radical (unpaired) electrons. The molecule has 0 unspecified atom stereocenters. The zero-order valence-electron chi connectivity index (χ0n) is 10.2. The van der Waals surface area contributed by atoms with E-state index in [4.69, 9.17) is 15.7 Å². The van der Waals surface area contributed by atoms with Gasteiger partial charge in [0, 0.05) is 4.88 Å². The van der Waals surface area contributed by atoms with Crippen molar-refractivity contribution in [2.45, 2.75) is 6.61 Å². The van der Waals surface area contributed by atoms with Gasteiger partial charge in [0.2, 0.25) is 0 Å². The molecule has 4 heteroatoms. The molecule has 2 N–H and O–H groups in total. The van der Waals surface area contributed by atoms with Crippen molar-refractivity contribution in [3.05, 3.63) is 51.7 Å². The maximum Gasteiger partial charge on any atom is 0.122 e. The molecule has 0 amide bonds. The molecule has 0 bridgehead atoms. The summed E-state index contributed by atoms with van der Waals surface area (Å²) < 4.78 is 5.64. The second-order valence-electron chi connectivity index (χ2n) is 3.70. The smallest absolute Gasteiger partial charge is 0.122 e. The highest BCUT2D eigenvalue weighted by molar-refractivity contribution is 7.12. The third-order valence-electron chi connectivity index (χ3n) is 2.32. The van der Waals surface area contributed by atoms with Gasteiger partial charge in [-0.1, -0.05) is 17.9 Å². The van der Waals surface area contributed by atoms with Crippen molar-refractivity contribution in [2.75, 3.05) is 6.54 Å². The van der Waals surface area contributed by atoms with E-state index in [1.165, 1.54) is 0 Å². The molecule has 0 saturated heterocycles. The molecule has 1 aromatic heterocycles. The summed E-state index contributed by atoms with van der Waals surface area (Å²) in [5.41, 5.74) is 5.92. The monoisotopic (exact) mass is 268 g/mol. The highest BCUT2D eigenvalue weighted by atomic mass is 32.1. The predicted molar refractivity (Wildman–Crippen MR) is 75.7 cm³/mol. The van der Waals surface area contributed by atoms with E-state index in [-0.39, 0.29) is 0 Å². The molecule has 1 heterocycles. The Kier molecular flexibility index (Phi) is 4.58. The Morgan fingerprint density at radius 2 is 2.16 bits per heavy atom. The fourth-order valence-corrected chi connectivity index (χ4v) is 2.27. The number of benzene rings is 1. The van der Waals surface area contributed by atoms with Crippen LogP contribution in [-0.4, -0.2) is 6.54 Å². The maximum atomic E-state index is 8.80. The van der Waals surface area contributed by atoms with Crippen LogP contribution in [-0.2, 0) is 6.61 Å². The number of thiophene rings is 1. The van der Waals surface area contributed by atoms with Gasteiger partial charge in [-0.05, 0) is 30.3 Å². The normalized spacial score (nSPS) is 9.26. The Bertz CT molecular complexity index is 659. The highest BCUT2D eigenvalue weighted by Gasteiger charge is 2.00. The third-order valence-corrected chi connectivity index (χ3v) is 3.29. The average molecular weight is 268 g/mol. The molecule has 2 rings (SSSR count). The lowest BCUT2D eigenvalue weighted by atomic mass is 10.2. The number of hydrogen-bond acceptors (Lipinski definition) is 4. The lowest BCUT2D eigenvalue weighted by Crippen LogP contribution is -1.93. The van der Waals surface area contributed by atoms with E-state index in [0.29, 0.717) is 24.5 Å². The SMILES string of the molecule is N#Cc1cccc(OCc2ccc(C#CCN)s2)c1. The van der Waals surface area contributed by atoms with Crippen molar-refractivity contribution in [2.24, 2.45) is 5.73 Å². The lowest BCUT2D eigenvalue weighted by Gasteiger charge is -2.04. The van der Waals surface area contributed by atoms with Crippen LogP contribution in [0.2, 0.25) is 0 Å². The van der Waals surface area contributed by atoms with Crippen LogP contribution in [0, 0.1) is 23.2 Å². The summed E-state index contributed by atoms with van der Waals surface area (Å²) in [5, 5.41) is 8.80. The maximum absolute atomic E-state index is 8.80. The van der Waals surface area contributed by atoms with E-state index in [1.807, 2.05) is 18.2 Å². The minimum absolute atomic E-state index is 0.366. The molecule has 0 aliphatic rings. The summed E-state index contributed by atoms with van der Waals surface area (Å²) in [4.78, 5) is 2.07. The molecule has 0 fully saturated rings. The topological polar surface area (TPSA) is 59.0 Å². The molecular formula is C15H12N2OS. The molecule has 94 valence electrons. The molecule has 2 aromatic rings. The van der Waals surface area contributed by atoms with Crippen LogP contribution in [0.15, 0.2) is 36.4 Å². The van der Waals surface area contributed by atoms with E-state index in [9.17, 15) is 0 Å². The van der Waals surface area contributed by atoms with Gasteiger partial charge in [0.15, 0.2) is 0 Å². The summed E-state index contributed by atoms with van der Waals surface area (Å²) in [6, 6.07) is 13.1. The number of hydrogen-bond donors (Lipinski definition) is 1. The first-order chi connectivity index (χ1) is 9.31. The van der Waals surface area contributed by atoms with E-state index in [0.717, 1.165) is 9.75 Å². The number of rotatable bonds is 3. The number of nitriles is 1. The molecule has 3 nitrogen and oxygen atoms in total. The van der Waals surface area contributed by atoms with Crippen LogP contribution in [0.5, 0.6) is 5.75 Å². The standard InChI is InChI=1S/C15H12N2OS/c16-8-2-5-14-6-7-15(19-14)11-18-13-4-1-3-12(9-13)10-17/h1,3-4,6-7,9H,8,11,16H2. The van der Waals surface area contributed by atoms with Gasteiger partial charge in [0.05, 0.1) is 23.1 Å². The average Bonchev–Trinajstić information content (AvgIpc) is 2.91. The number of ether oxygens (including phenoxy) is 1. The summed E-state index contributed by atoms with van der Waals surface area (Å²) in [6.07, 6.45) is 0. The van der Waals surface area contributed by atoms with Gasteiger partial charge in [0.25, 0.3) is 0 Å².